The van der Waals surface area contributed by atoms with Gasteiger partial charge in [-0.1, -0.05) is 12.1 Å². The van der Waals surface area contributed by atoms with Crippen LogP contribution in [0.1, 0.15) is 26.2 Å². The summed E-state index contributed by atoms with van der Waals surface area (Å²) in [5, 5.41) is 2.98. The number of nitrogens with two attached hydrogens (primary N) is 1. The van der Waals surface area contributed by atoms with Crippen molar-refractivity contribution in [3.63, 3.8) is 0 Å². The highest BCUT2D eigenvalue weighted by Crippen LogP contribution is 2.26. The number of nitrogens with zero attached hydrogens (tertiary/aromatic N) is 1. The van der Waals surface area contributed by atoms with Crippen LogP contribution in [0.5, 0.6) is 0 Å². The fourth-order valence-corrected chi connectivity index (χ4v) is 2.53. The van der Waals surface area contributed by atoms with Gasteiger partial charge in [-0.25, -0.2) is 0 Å². The lowest BCUT2D eigenvalue weighted by molar-refractivity contribution is -0.122. The highest BCUT2D eigenvalue weighted by molar-refractivity contribution is 5.86. The van der Waals surface area contributed by atoms with E-state index in [4.69, 9.17) is 5.73 Å². The van der Waals surface area contributed by atoms with Crippen molar-refractivity contribution in [3.8, 4) is 0 Å². The van der Waals surface area contributed by atoms with Gasteiger partial charge in [0, 0.05) is 13.1 Å². The summed E-state index contributed by atoms with van der Waals surface area (Å²) in [6.07, 6.45) is 3.03. The number of carbonyl (C=O) groups is 1. The van der Waals surface area contributed by atoms with Crippen molar-refractivity contribution < 1.29 is 4.79 Å². The minimum Gasteiger partial charge on any atom is -0.397 e. The fourth-order valence-electron chi connectivity index (χ4n) is 2.53. The third-order valence-electron chi connectivity index (χ3n) is 3.47. The second-order valence-corrected chi connectivity index (χ2v) is 4.65. The minimum atomic E-state index is -0.0952. The van der Waals surface area contributed by atoms with Crippen LogP contribution in [-0.4, -0.2) is 25.0 Å². The van der Waals surface area contributed by atoms with E-state index in [1.807, 2.05) is 24.3 Å². The van der Waals surface area contributed by atoms with Crippen LogP contribution in [0, 0.1) is 0 Å². The summed E-state index contributed by atoms with van der Waals surface area (Å²) >= 11 is 0. The van der Waals surface area contributed by atoms with Gasteiger partial charge < -0.3 is 16.0 Å². The zero-order valence-electron chi connectivity index (χ0n) is 10.9. The molecule has 2 rings (SSSR count). The van der Waals surface area contributed by atoms with Gasteiger partial charge in [0.05, 0.1) is 11.4 Å². The number of benzene rings is 1. The molecule has 18 heavy (non-hydrogen) atoms. The molecule has 1 amide bonds. The Balaban J connectivity index is 2.27. The largest absolute Gasteiger partial charge is 0.397 e. The number of carbonyl (C=O) groups excluding carboxylic acids is 1. The predicted molar refractivity (Wildman–Crippen MR) is 74.5 cm³/mol. The first kappa shape index (κ1) is 12.7. The normalized spacial score (nSPS) is 20.1. The summed E-state index contributed by atoms with van der Waals surface area (Å²) in [7, 11) is 0. The average molecular weight is 247 g/mol. The summed E-state index contributed by atoms with van der Waals surface area (Å²) in [6.45, 7) is 3.63. The van der Waals surface area contributed by atoms with Crippen LogP contribution >= 0.6 is 0 Å². The minimum absolute atomic E-state index is 0.0952. The Hall–Kier alpha value is -1.71. The van der Waals surface area contributed by atoms with Gasteiger partial charge in [-0.15, -0.1) is 0 Å². The topological polar surface area (TPSA) is 58.4 Å². The first-order valence-corrected chi connectivity index (χ1v) is 6.63. The summed E-state index contributed by atoms with van der Waals surface area (Å²) in [5.74, 6) is 0.123. The molecule has 0 saturated carbocycles. The molecule has 1 heterocycles. The number of rotatable bonds is 3. The standard InChI is InChI=1S/C14H21N3O/c1-2-17(12-8-4-3-7-11(12)15)13-9-5-6-10-16-14(13)18/h3-4,7-8,13H,2,5-6,9-10,15H2,1H3,(H,16,18). The highest BCUT2D eigenvalue weighted by Gasteiger charge is 2.27. The Labute approximate surface area is 108 Å². The van der Waals surface area contributed by atoms with Crippen LogP contribution < -0.4 is 16.0 Å². The van der Waals surface area contributed by atoms with Crippen molar-refractivity contribution in [1.29, 1.82) is 0 Å². The third-order valence-corrected chi connectivity index (χ3v) is 3.47. The molecule has 98 valence electrons. The molecule has 1 aliphatic rings. The van der Waals surface area contributed by atoms with E-state index < -0.39 is 0 Å². The Morgan fingerprint density at radius 1 is 1.39 bits per heavy atom. The number of nitrogen functional groups attached to an aromatic ring is 1. The summed E-state index contributed by atoms with van der Waals surface area (Å²) < 4.78 is 0. The molecule has 1 saturated heterocycles. The van der Waals surface area contributed by atoms with Gasteiger partial charge >= 0.3 is 0 Å². The van der Waals surface area contributed by atoms with E-state index in [2.05, 4.69) is 17.1 Å². The van der Waals surface area contributed by atoms with E-state index in [-0.39, 0.29) is 11.9 Å². The van der Waals surface area contributed by atoms with Gasteiger partial charge in [0.2, 0.25) is 5.91 Å². The Bertz CT molecular complexity index is 419. The van der Waals surface area contributed by atoms with Crippen molar-refractivity contribution in [1.82, 2.24) is 5.32 Å². The van der Waals surface area contributed by atoms with E-state index in [1.165, 1.54) is 0 Å². The lowest BCUT2D eigenvalue weighted by atomic mass is 10.1. The highest BCUT2D eigenvalue weighted by atomic mass is 16.2. The molecule has 1 aromatic carbocycles. The second-order valence-electron chi connectivity index (χ2n) is 4.65. The Morgan fingerprint density at radius 2 is 2.17 bits per heavy atom. The molecule has 4 nitrogen and oxygen atoms in total. The quantitative estimate of drug-likeness (QED) is 0.800. The first-order chi connectivity index (χ1) is 8.74. The lowest BCUT2D eigenvalue weighted by Gasteiger charge is -2.31. The van der Waals surface area contributed by atoms with Crippen molar-refractivity contribution in [2.24, 2.45) is 0 Å². The van der Waals surface area contributed by atoms with Crippen molar-refractivity contribution >= 4 is 17.3 Å². The number of nitrogens with one attached hydrogen (secondary N) is 1. The second kappa shape index (κ2) is 5.76. The molecule has 4 heteroatoms. The number of hydrogen-bond acceptors (Lipinski definition) is 3. The number of amides is 1. The monoisotopic (exact) mass is 247 g/mol. The molecule has 3 N–H and O–H groups in total. The maximum Gasteiger partial charge on any atom is 0.242 e. The third kappa shape index (κ3) is 2.58. The molecule has 1 atom stereocenters. The van der Waals surface area contributed by atoms with Crippen LogP contribution in [0.15, 0.2) is 24.3 Å². The molecule has 1 fully saturated rings. The van der Waals surface area contributed by atoms with Gasteiger partial charge in [-0.3, -0.25) is 4.79 Å². The lowest BCUT2D eigenvalue weighted by Crippen LogP contribution is -2.46. The molecule has 1 aromatic rings. The molecule has 1 aliphatic heterocycles. The van der Waals surface area contributed by atoms with Gasteiger partial charge in [-0.2, -0.15) is 0 Å². The Kier molecular flexibility index (Phi) is 4.07. The van der Waals surface area contributed by atoms with E-state index in [9.17, 15) is 4.79 Å². The molecular weight excluding hydrogens is 226 g/mol. The maximum absolute atomic E-state index is 12.1. The van der Waals surface area contributed by atoms with Crippen LogP contribution in [0.4, 0.5) is 11.4 Å². The summed E-state index contributed by atoms with van der Waals surface area (Å²) in [6, 6.07) is 7.65. The van der Waals surface area contributed by atoms with Crippen LogP contribution in [0.25, 0.3) is 0 Å². The van der Waals surface area contributed by atoms with Crippen molar-refractivity contribution in [2.75, 3.05) is 23.7 Å². The smallest absolute Gasteiger partial charge is 0.242 e. The molecule has 1 unspecified atom stereocenters. The van der Waals surface area contributed by atoms with E-state index in [0.717, 1.165) is 43.7 Å². The molecular formula is C14H21N3O. The number of likely N-dealkylation sites (N-methyl/N-ethyl adjacent to an activating group) is 1. The molecule has 0 bridgehead atoms. The van der Waals surface area contributed by atoms with Gasteiger partial charge in [-0.05, 0) is 38.3 Å². The zero-order valence-corrected chi connectivity index (χ0v) is 10.9. The number of hydrogen-bond donors (Lipinski definition) is 2. The fraction of sp³-hybridized carbons (Fsp3) is 0.500. The summed E-state index contributed by atoms with van der Waals surface area (Å²) in [5.41, 5.74) is 7.71. The van der Waals surface area contributed by atoms with Crippen LogP contribution in [0.3, 0.4) is 0 Å². The van der Waals surface area contributed by atoms with Gasteiger partial charge in [0.15, 0.2) is 0 Å². The molecule has 0 radical (unpaired) electrons. The summed E-state index contributed by atoms with van der Waals surface area (Å²) in [4.78, 5) is 14.2. The number of anilines is 2. The first-order valence-electron chi connectivity index (χ1n) is 6.63. The van der Waals surface area contributed by atoms with E-state index in [0.29, 0.717) is 0 Å². The van der Waals surface area contributed by atoms with Crippen molar-refractivity contribution in [3.05, 3.63) is 24.3 Å². The SMILES string of the molecule is CCN(c1ccccc1N)C1CCCCNC1=O. The number of para-hydroxylation sites is 2. The van der Waals surface area contributed by atoms with Crippen LogP contribution in [-0.2, 0) is 4.79 Å². The van der Waals surface area contributed by atoms with Gasteiger partial charge in [0.25, 0.3) is 0 Å². The molecule has 0 aromatic heterocycles. The maximum atomic E-state index is 12.1. The van der Waals surface area contributed by atoms with Gasteiger partial charge in [0.1, 0.15) is 6.04 Å². The average Bonchev–Trinajstić information content (AvgIpc) is 2.58. The van der Waals surface area contributed by atoms with Crippen LogP contribution in [0.2, 0.25) is 0 Å². The van der Waals surface area contributed by atoms with E-state index in [1.54, 1.807) is 0 Å². The molecule has 0 aliphatic carbocycles. The Morgan fingerprint density at radius 3 is 2.89 bits per heavy atom. The molecule has 0 spiro atoms. The van der Waals surface area contributed by atoms with E-state index >= 15 is 0 Å². The predicted octanol–water partition coefficient (Wildman–Crippen LogP) is 1.76. The zero-order chi connectivity index (χ0) is 13.0. The van der Waals surface area contributed by atoms with Crippen molar-refractivity contribution in [2.45, 2.75) is 32.2 Å².